The summed E-state index contributed by atoms with van der Waals surface area (Å²) in [7, 11) is 0. The minimum atomic E-state index is -4.68. The van der Waals surface area contributed by atoms with Crippen molar-refractivity contribution < 1.29 is 26.7 Å². The molecule has 23 heavy (non-hydrogen) atoms. The molecule has 0 aromatic heterocycles. The molecule has 124 valence electrons. The van der Waals surface area contributed by atoms with Gasteiger partial charge >= 0.3 is 12.8 Å². The van der Waals surface area contributed by atoms with Gasteiger partial charge in [-0.1, -0.05) is 34.8 Å². The lowest BCUT2D eigenvalue weighted by Crippen LogP contribution is -2.08. The standard InChI is InChI=1S/C14H6Cl3F5O/c15-7-4-9(16)12(10(17)5-7)8-3-6(14(20,21)22)1-2-11(8)23-13(18)19/h1-5,13H. The van der Waals surface area contributed by atoms with Crippen LogP contribution in [0.15, 0.2) is 30.3 Å². The number of ether oxygens (including phenoxy) is 1. The van der Waals surface area contributed by atoms with Crippen LogP contribution in [0, 0.1) is 0 Å². The van der Waals surface area contributed by atoms with Crippen LogP contribution in [-0.4, -0.2) is 6.61 Å². The van der Waals surface area contributed by atoms with Crippen molar-refractivity contribution in [2.24, 2.45) is 0 Å². The van der Waals surface area contributed by atoms with E-state index >= 15 is 0 Å². The third kappa shape index (κ3) is 4.19. The first-order valence-corrected chi connectivity index (χ1v) is 7.04. The molecule has 0 fully saturated rings. The van der Waals surface area contributed by atoms with Gasteiger partial charge < -0.3 is 4.74 Å². The van der Waals surface area contributed by atoms with Gasteiger partial charge in [-0.2, -0.15) is 22.0 Å². The number of hydrogen-bond donors (Lipinski definition) is 0. The predicted octanol–water partition coefficient (Wildman–Crippen LogP) is 6.93. The second kappa shape index (κ2) is 6.71. The van der Waals surface area contributed by atoms with E-state index in [4.69, 9.17) is 34.8 Å². The van der Waals surface area contributed by atoms with Crippen LogP contribution in [0.5, 0.6) is 5.75 Å². The molecular formula is C14H6Cl3F5O. The summed E-state index contributed by atoms with van der Waals surface area (Å²) in [6.45, 7) is -3.23. The Morgan fingerprint density at radius 3 is 1.96 bits per heavy atom. The summed E-state index contributed by atoms with van der Waals surface area (Å²) in [5, 5.41) is -0.0473. The molecule has 9 heteroatoms. The molecule has 0 atom stereocenters. The highest BCUT2D eigenvalue weighted by atomic mass is 35.5. The van der Waals surface area contributed by atoms with Crippen molar-refractivity contribution in [1.29, 1.82) is 0 Å². The molecule has 0 N–H and O–H groups in total. The third-order valence-corrected chi connectivity index (χ3v) is 3.61. The van der Waals surface area contributed by atoms with Crippen LogP contribution in [-0.2, 0) is 6.18 Å². The Balaban J connectivity index is 2.72. The first-order chi connectivity index (χ1) is 10.6. The van der Waals surface area contributed by atoms with E-state index in [0.29, 0.717) is 12.1 Å². The fraction of sp³-hybridized carbons (Fsp3) is 0.143. The Hall–Kier alpha value is -1.24. The highest BCUT2D eigenvalue weighted by Crippen LogP contribution is 2.44. The average molecular weight is 392 g/mol. The van der Waals surface area contributed by atoms with Crippen LogP contribution in [0.3, 0.4) is 0 Å². The first kappa shape index (κ1) is 18.1. The molecule has 0 aliphatic rings. The topological polar surface area (TPSA) is 9.23 Å². The molecule has 1 nitrogen and oxygen atoms in total. The second-order valence-corrected chi connectivity index (χ2v) is 5.58. The lowest BCUT2D eigenvalue weighted by Gasteiger charge is -2.16. The van der Waals surface area contributed by atoms with Gasteiger partial charge in [-0.3, -0.25) is 0 Å². The minimum absolute atomic E-state index is 0.0838. The van der Waals surface area contributed by atoms with E-state index in [0.717, 1.165) is 6.07 Å². The van der Waals surface area contributed by atoms with Crippen molar-refractivity contribution in [3.63, 3.8) is 0 Å². The van der Waals surface area contributed by atoms with E-state index in [1.54, 1.807) is 0 Å². The van der Waals surface area contributed by atoms with E-state index in [2.05, 4.69) is 4.74 Å². The maximum Gasteiger partial charge on any atom is 0.416 e. The Labute approximate surface area is 142 Å². The molecule has 0 amide bonds. The molecule has 0 unspecified atom stereocenters. The van der Waals surface area contributed by atoms with Crippen molar-refractivity contribution >= 4 is 34.8 Å². The fourth-order valence-corrected chi connectivity index (χ4v) is 2.92. The zero-order chi connectivity index (χ0) is 17.4. The molecule has 0 aliphatic carbocycles. The summed E-state index contributed by atoms with van der Waals surface area (Å²) in [4.78, 5) is 0. The van der Waals surface area contributed by atoms with Gasteiger partial charge in [0.15, 0.2) is 0 Å². The van der Waals surface area contributed by atoms with Gasteiger partial charge in [0.2, 0.25) is 0 Å². The molecular weight excluding hydrogens is 386 g/mol. The van der Waals surface area contributed by atoms with Crippen molar-refractivity contribution in [2.75, 3.05) is 0 Å². The van der Waals surface area contributed by atoms with Crippen LogP contribution in [0.4, 0.5) is 22.0 Å². The Kier molecular flexibility index (Phi) is 5.28. The molecule has 0 radical (unpaired) electrons. The van der Waals surface area contributed by atoms with Crippen LogP contribution in [0.25, 0.3) is 11.1 Å². The number of hydrogen-bond acceptors (Lipinski definition) is 1. The summed E-state index contributed by atoms with van der Waals surface area (Å²) in [6, 6.07) is 4.51. The Bertz CT molecular complexity index is 708. The average Bonchev–Trinajstić information content (AvgIpc) is 2.37. The van der Waals surface area contributed by atoms with Gasteiger partial charge in [-0.25, -0.2) is 0 Å². The Morgan fingerprint density at radius 2 is 1.48 bits per heavy atom. The van der Waals surface area contributed by atoms with E-state index in [1.165, 1.54) is 12.1 Å². The van der Waals surface area contributed by atoms with Crippen molar-refractivity contribution in [2.45, 2.75) is 12.8 Å². The van der Waals surface area contributed by atoms with Crippen LogP contribution >= 0.6 is 34.8 Å². The molecule has 2 aromatic rings. The summed E-state index contributed by atoms with van der Waals surface area (Å²) < 4.78 is 67.8. The maximum atomic E-state index is 12.9. The predicted molar refractivity (Wildman–Crippen MR) is 78.5 cm³/mol. The number of halogens is 8. The van der Waals surface area contributed by atoms with Gasteiger partial charge in [-0.05, 0) is 30.3 Å². The number of rotatable bonds is 3. The van der Waals surface area contributed by atoms with Crippen molar-refractivity contribution in [3.05, 3.63) is 51.0 Å². The van der Waals surface area contributed by atoms with Gasteiger partial charge in [-0.15, -0.1) is 0 Å². The third-order valence-electron chi connectivity index (χ3n) is 2.80. The van der Waals surface area contributed by atoms with E-state index in [-0.39, 0.29) is 26.2 Å². The monoisotopic (exact) mass is 390 g/mol. The molecule has 0 saturated carbocycles. The maximum absolute atomic E-state index is 12.9. The summed E-state index contributed by atoms with van der Waals surface area (Å²) in [5.74, 6) is -0.487. The summed E-state index contributed by atoms with van der Waals surface area (Å²) >= 11 is 17.6. The largest absolute Gasteiger partial charge is 0.434 e. The van der Waals surface area contributed by atoms with E-state index in [1.807, 2.05) is 0 Å². The van der Waals surface area contributed by atoms with Crippen molar-refractivity contribution in [3.8, 4) is 16.9 Å². The molecule has 0 spiro atoms. The van der Waals surface area contributed by atoms with E-state index < -0.39 is 24.1 Å². The highest BCUT2D eigenvalue weighted by Gasteiger charge is 2.32. The van der Waals surface area contributed by atoms with Gasteiger partial charge in [0.25, 0.3) is 0 Å². The zero-order valence-corrected chi connectivity index (χ0v) is 13.2. The molecule has 0 bridgehead atoms. The van der Waals surface area contributed by atoms with Crippen molar-refractivity contribution in [1.82, 2.24) is 0 Å². The van der Waals surface area contributed by atoms with E-state index in [9.17, 15) is 22.0 Å². The number of alkyl halides is 5. The quantitative estimate of drug-likeness (QED) is 0.515. The fourth-order valence-electron chi connectivity index (χ4n) is 1.90. The van der Waals surface area contributed by atoms with Crippen LogP contribution in [0.1, 0.15) is 5.56 Å². The molecule has 0 heterocycles. The van der Waals surface area contributed by atoms with Gasteiger partial charge in [0.1, 0.15) is 5.75 Å². The smallest absolute Gasteiger partial charge is 0.416 e. The Morgan fingerprint density at radius 1 is 0.913 bits per heavy atom. The lowest BCUT2D eigenvalue weighted by atomic mass is 10.0. The molecule has 2 aromatic carbocycles. The second-order valence-electron chi connectivity index (χ2n) is 4.33. The van der Waals surface area contributed by atoms with Gasteiger partial charge in [0, 0.05) is 16.1 Å². The SMILES string of the molecule is FC(F)Oc1ccc(C(F)(F)F)cc1-c1c(Cl)cc(Cl)cc1Cl. The van der Waals surface area contributed by atoms with Gasteiger partial charge in [0.05, 0.1) is 15.6 Å². The zero-order valence-electron chi connectivity index (χ0n) is 10.9. The summed E-state index contributed by atoms with van der Waals surface area (Å²) in [5.41, 5.74) is -1.46. The molecule has 2 rings (SSSR count). The lowest BCUT2D eigenvalue weighted by molar-refractivity contribution is -0.137. The first-order valence-electron chi connectivity index (χ1n) is 5.90. The van der Waals surface area contributed by atoms with Crippen LogP contribution < -0.4 is 4.74 Å². The highest BCUT2D eigenvalue weighted by molar-refractivity contribution is 6.41. The summed E-state index contributed by atoms with van der Waals surface area (Å²) in [6.07, 6.45) is -4.68. The molecule has 0 saturated heterocycles. The molecule has 0 aliphatic heterocycles. The normalized spacial score (nSPS) is 11.9. The number of benzene rings is 2. The van der Waals surface area contributed by atoms with Crippen LogP contribution in [0.2, 0.25) is 15.1 Å². The minimum Gasteiger partial charge on any atom is -0.434 e.